The lowest BCUT2D eigenvalue weighted by molar-refractivity contribution is -0.159. The fourth-order valence-corrected chi connectivity index (χ4v) is 2.37. The van der Waals surface area contributed by atoms with E-state index in [4.69, 9.17) is 24.5 Å². The van der Waals surface area contributed by atoms with Crippen LogP contribution >= 0.6 is 0 Å². The minimum absolute atomic E-state index is 0.0130. The highest BCUT2D eigenvalue weighted by atomic mass is 16.6. The molecule has 0 spiro atoms. The number of piperazine rings is 1. The summed E-state index contributed by atoms with van der Waals surface area (Å²) in [6.45, 7) is 5.76. The van der Waals surface area contributed by atoms with E-state index in [2.05, 4.69) is 10.2 Å². The van der Waals surface area contributed by atoms with Gasteiger partial charge in [0.25, 0.3) is 0 Å². The van der Waals surface area contributed by atoms with Crippen molar-refractivity contribution in [2.24, 2.45) is 0 Å². The molecule has 0 atom stereocenters. The highest BCUT2D eigenvalue weighted by Gasteiger charge is 2.21. The van der Waals surface area contributed by atoms with Crippen LogP contribution in [-0.4, -0.2) is 83.3 Å². The molecule has 0 aliphatic carbocycles. The van der Waals surface area contributed by atoms with E-state index in [0.717, 1.165) is 18.8 Å². The van der Waals surface area contributed by atoms with Crippen LogP contribution in [0, 0.1) is 0 Å². The molecule has 28 heavy (non-hydrogen) atoms. The lowest BCUT2D eigenvalue weighted by atomic mass is 10.2. The predicted octanol–water partition coefficient (Wildman–Crippen LogP) is 0.945. The van der Waals surface area contributed by atoms with Crippen molar-refractivity contribution in [3.8, 4) is 0 Å². The van der Waals surface area contributed by atoms with Crippen molar-refractivity contribution in [2.75, 3.05) is 44.6 Å². The number of benzene rings is 1. The number of nitrogens with one attached hydrogen (secondary N) is 1. The zero-order valence-electron chi connectivity index (χ0n) is 15.7. The number of carboxylic acid groups (broad SMARTS) is 2. The first-order chi connectivity index (χ1) is 13.3. The molecule has 154 valence electrons. The maximum Gasteiger partial charge on any atom is 0.414 e. The Bertz CT molecular complexity index is 646. The van der Waals surface area contributed by atoms with Gasteiger partial charge in [-0.05, 0) is 19.1 Å². The molecule has 1 aliphatic rings. The molecule has 10 heteroatoms. The molecular weight excluding hydrogens is 370 g/mol. The van der Waals surface area contributed by atoms with Gasteiger partial charge in [-0.3, -0.25) is 9.69 Å². The summed E-state index contributed by atoms with van der Waals surface area (Å²) in [6, 6.07) is 9.44. The van der Waals surface area contributed by atoms with Crippen LogP contribution in [0.25, 0.3) is 0 Å². The normalized spacial score (nSPS) is 13.7. The summed E-state index contributed by atoms with van der Waals surface area (Å²) in [4.78, 5) is 45.6. The van der Waals surface area contributed by atoms with E-state index in [9.17, 15) is 9.59 Å². The van der Waals surface area contributed by atoms with Gasteiger partial charge in [0.1, 0.15) is 0 Å². The number of para-hydroxylation sites is 1. The molecule has 1 aromatic carbocycles. The molecule has 0 aromatic heterocycles. The van der Waals surface area contributed by atoms with E-state index >= 15 is 0 Å². The van der Waals surface area contributed by atoms with Crippen molar-refractivity contribution in [3.63, 3.8) is 0 Å². The van der Waals surface area contributed by atoms with Crippen LogP contribution in [0.5, 0.6) is 0 Å². The largest absolute Gasteiger partial charge is 0.473 e. The highest BCUT2D eigenvalue weighted by molar-refractivity contribution is 6.27. The average Bonchev–Trinajstić information content (AvgIpc) is 2.68. The van der Waals surface area contributed by atoms with Crippen molar-refractivity contribution in [3.05, 3.63) is 30.3 Å². The maximum atomic E-state index is 11.9. The molecule has 1 saturated heterocycles. The number of aliphatic carboxylic acids is 2. The number of carbonyl (C=O) groups is 4. The second-order valence-electron chi connectivity index (χ2n) is 5.80. The van der Waals surface area contributed by atoms with Gasteiger partial charge < -0.3 is 25.2 Å². The minimum Gasteiger partial charge on any atom is -0.473 e. The molecule has 10 nitrogen and oxygen atoms in total. The predicted molar refractivity (Wildman–Crippen MR) is 100.0 cm³/mol. The molecule has 0 saturated carbocycles. The van der Waals surface area contributed by atoms with Gasteiger partial charge in [0.05, 0.1) is 6.61 Å². The monoisotopic (exact) mass is 395 g/mol. The van der Waals surface area contributed by atoms with E-state index in [0.29, 0.717) is 32.7 Å². The van der Waals surface area contributed by atoms with Crippen molar-refractivity contribution in [1.29, 1.82) is 0 Å². The Labute approximate surface area is 162 Å². The Morgan fingerprint density at radius 3 is 2.07 bits per heavy atom. The number of amides is 2. The Morgan fingerprint density at radius 2 is 1.57 bits per heavy atom. The van der Waals surface area contributed by atoms with Crippen LogP contribution in [0.4, 0.5) is 10.5 Å². The second-order valence-corrected chi connectivity index (χ2v) is 5.80. The topological polar surface area (TPSA) is 136 Å². The fraction of sp³-hybridized carbons (Fsp3) is 0.444. The van der Waals surface area contributed by atoms with E-state index in [1.165, 1.54) is 0 Å². The smallest absolute Gasteiger partial charge is 0.414 e. The first-order valence-corrected chi connectivity index (χ1v) is 8.78. The molecule has 2 rings (SSSR count). The van der Waals surface area contributed by atoms with Crippen LogP contribution in [0.15, 0.2) is 30.3 Å². The summed E-state index contributed by atoms with van der Waals surface area (Å²) in [5, 5.41) is 17.7. The average molecular weight is 395 g/mol. The number of ether oxygens (including phenoxy) is 1. The zero-order chi connectivity index (χ0) is 20.9. The molecule has 3 N–H and O–H groups in total. The van der Waals surface area contributed by atoms with Gasteiger partial charge in [0, 0.05) is 44.8 Å². The van der Waals surface area contributed by atoms with Gasteiger partial charge in [0.15, 0.2) is 0 Å². The number of rotatable bonds is 5. The lowest BCUT2D eigenvalue weighted by Crippen LogP contribution is -2.49. The Morgan fingerprint density at radius 1 is 1.00 bits per heavy atom. The quantitative estimate of drug-likeness (QED) is 0.627. The Balaban J connectivity index is 0.000000568. The van der Waals surface area contributed by atoms with Crippen LogP contribution < -0.4 is 5.32 Å². The second kappa shape index (κ2) is 12.3. The molecule has 2 amide bonds. The van der Waals surface area contributed by atoms with Gasteiger partial charge in [-0.25, -0.2) is 14.4 Å². The number of carbonyl (C=O) groups excluding carboxylic acids is 2. The first kappa shape index (κ1) is 22.9. The standard InChI is InChI=1S/C16H23N3O3.C2H2O4/c1-2-22-16(21)19-12-10-18(11-13-19)9-8-15(20)17-14-6-4-3-5-7-14;3-1(4)2(5)6/h3-7H,2,8-13H2,1H3,(H,17,20);(H,3,4)(H,5,6). The summed E-state index contributed by atoms with van der Waals surface area (Å²) in [5.74, 6) is -3.64. The minimum atomic E-state index is -1.82. The van der Waals surface area contributed by atoms with Crippen molar-refractivity contribution in [2.45, 2.75) is 13.3 Å². The van der Waals surface area contributed by atoms with Crippen LogP contribution in [0.3, 0.4) is 0 Å². The molecule has 0 unspecified atom stereocenters. The van der Waals surface area contributed by atoms with E-state index < -0.39 is 11.9 Å². The van der Waals surface area contributed by atoms with Gasteiger partial charge in [-0.1, -0.05) is 18.2 Å². The molecule has 1 heterocycles. The SMILES string of the molecule is CCOC(=O)N1CCN(CCC(=O)Nc2ccccc2)CC1.O=C(O)C(=O)O. The highest BCUT2D eigenvalue weighted by Crippen LogP contribution is 2.07. The summed E-state index contributed by atoms with van der Waals surface area (Å²) in [7, 11) is 0. The summed E-state index contributed by atoms with van der Waals surface area (Å²) >= 11 is 0. The van der Waals surface area contributed by atoms with E-state index in [1.54, 1.807) is 11.8 Å². The summed E-state index contributed by atoms with van der Waals surface area (Å²) in [6.07, 6.45) is 0.206. The molecule has 1 aromatic rings. The fourth-order valence-electron chi connectivity index (χ4n) is 2.37. The summed E-state index contributed by atoms with van der Waals surface area (Å²) < 4.78 is 4.99. The third kappa shape index (κ3) is 8.99. The first-order valence-electron chi connectivity index (χ1n) is 8.78. The molecule has 0 radical (unpaired) electrons. The van der Waals surface area contributed by atoms with Gasteiger partial charge in [-0.15, -0.1) is 0 Å². The molecular formula is C18H25N3O7. The maximum absolute atomic E-state index is 11.9. The zero-order valence-corrected chi connectivity index (χ0v) is 15.7. The lowest BCUT2D eigenvalue weighted by Gasteiger charge is -2.33. The van der Waals surface area contributed by atoms with Gasteiger partial charge in [-0.2, -0.15) is 0 Å². The van der Waals surface area contributed by atoms with Gasteiger partial charge in [0.2, 0.25) is 5.91 Å². The number of anilines is 1. The van der Waals surface area contributed by atoms with Crippen LogP contribution in [-0.2, 0) is 19.1 Å². The van der Waals surface area contributed by atoms with Crippen molar-refractivity contribution < 1.29 is 34.1 Å². The van der Waals surface area contributed by atoms with Crippen molar-refractivity contribution >= 4 is 29.6 Å². The molecule has 1 aliphatic heterocycles. The van der Waals surface area contributed by atoms with Crippen LogP contribution in [0.1, 0.15) is 13.3 Å². The molecule has 1 fully saturated rings. The van der Waals surface area contributed by atoms with E-state index in [1.807, 2.05) is 30.3 Å². The van der Waals surface area contributed by atoms with Gasteiger partial charge >= 0.3 is 18.0 Å². The van der Waals surface area contributed by atoms with Crippen LogP contribution in [0.2, 0.25) is 0 Å². The van der Waals surface area contributed by atoms with E-state index in [-0.39, 0.29) is 12.0 Å². The number of hydrogen-bond donors (Lipinski definition) is 3. The summed E-state index contributed by atoms with van der Waals surface area (Å²) in [5.41, 5.74) is 0.819. The van der Waals surface area contributed by atoms with Crippen molar-refractivity contribution in [1.82, 2.24) is 9.80 Å². The number of carboxylic acids is 2. The number of nitrogens with zero attached hydrogens (tertiary/aromatic N) is 2. The third-order valence-electron chi connectivity index (χ3n) is 3.79. The molecule has 0 bridgehead atoms. The Kier molecular flexibility index (Phi) is 10.0. The number of hydrogen-bond acceptors (Lipinski definition) is 6. The Hall–Kier alpha value is -3.14. The third-order valence-corrected chi connectivity index (χ3v) is 3.79.